The summed E-state index contributed by atoms with van der Waals surface area (Å²) in [5.74, 6) is 0.248. The van der Waals surface area contributed by atoms with Crippen molar-refractivity contribution in [2.45, 2.75) is 19.8 Å². The minimum atomic E-state index is 0.248. The first-order chi connectivity index (χ1) is 10.1. The van der Waals surface area contributed by atoms with Gasteiger partial charge in [-0.2, -0.15) is 0 Å². The highest BCUT2D eigenvalue weighted by atomic mass is 16.2. The van der Waals surface area contributed by atoms with Crippen LogP contribution in [0.4, 0.5) is 0 Å². The third kappa shape index (κ3) is 2.95. The van der Waals surface area contributed by atoms with E-state index >= 15 is 0 Å². The van der Waals surface area contributed by atoms with Crippen LogP contribution in [0.3, 0.4) is 0 Å². The second kappa shape index (κ2) is 5.90. The quantitative estimate of drug-likeness (QED) is 0.918. The molecule has 0 unspecified atom stereocenters. The number of hydrogen-bond donors (Lipinski definition) is 1. The molecule has 0 bridgehead atoms. The Labute approximate surface area is 125 Å². The number of amides is 1. The summed E-state index contributed by atoms with van der Waals surface area (Å²) in [6.07, 6.45) is 1.56. The minimum Gasteiger partial charge on any atom is -0.358 e. The number of carbonyl (C=O) groups excluding carboxylic acids is 1. The molecule has 1 amide bonds. The van der Waals surface area contributed by atoms with E-state index in [1.165, 1.54) is 5.39 Å². The lowest BCUT2D eigenvalue weighted by atomic mass is 10.1. The van der Waals surface area contributed by atoms with Gasteiger partial charge in [-0.25, -0.2) is 0 Å². The monoisotopic (exact) mass is 285 g/mol. The van der Waals surface area contributed by atoms with Gasteiger partial charge in [0.2, 0.25) is 5.91 Å². The Morgan fingerprint density at radius 1 is 1.19 bits per heavy atom. The molecule has 1 aromatic carbocycles. The number of fused-ring (bicyclic) bond motifs is 1. The number of H-pyrrole nitrogens is 1. The Kier molecular flexibility index (Phi) is 3.97. The summed E-state index contributed by atoms with van der Waals surface area (Å²) in [5.41, 5.74) is 3.37. The molecule has 3 rings (SSSR count). The van der Waals surface area contributed by atoms with Crippen molar-refractivity contribution < 1.29 is 4.79 Å². The molecule has 1 saturated heterocycles. The van der Waals surface area contributed by atoms with Gasteiger partial charge in [0, 0.05) is 36.2 Å². The summed E-state index contributed by atoms with van der Waals surface area (Å²) < 4.78 is 0. The highest BCUT2D eigenvalue weighted by Gasteiger charge is 2.19. The smallest absolute Gasteiger partial charge is 0.227 e. The molecular formula is C17H23N3O. The molecular weight excluding hydrogens is 262 g/mol. The van der Waals surface area contributed by atoms with Crippen LogP contribution in [-0.4, -0.2) is 53.9 Å². The number of aromatic amines is 1. The van der Waals surface area contributed by atoms with Crippen molar-refractivity contribution >= 4 is 16.8 Å². The van der Waals surface area contributed by atoms with Gasteiger partial charge < -0.3 is 14.8 Å². The zero-order chi connectivity index (χ0) is 14.8. The van der Waals surface area contributed by atoms with Crippen LogP contribution in [0.25, 0.3) is 10.9 Å². The molecule has 0 atom stereocenters. The highest BCUT2D eigenvalue weighted by molar-refractivity contribution is 5.90. The van der Waals surface area contributed by atoms with Gasteiger partial charge in [-0.15, -0.1) is 0 Å². The van der Waals surface area contributed by atoms with Gasteiger partial charge in [-0.3, -0.25) is 4.79 Å². The van der Waals surface area contributed by atoms with Gasteiger partial charge in [0.1, 0.15) is 0 Å². The fourth-order valence-electron chi connectivity index (χ4n) is 3.12. The Bertz CT molecular complexity index is 647. The summed E-state index contributed by atoms with van der Waals surface area (Å²) in [7, 11) is 2.12. The number of aryl methyl sites for hydroxylation is 1. The largest absolute Gasteiger partial charge is 0.358 e. The maximum Gasteiger partial charge on any atom is 0.227 e. The molecule has 0 aliphatic carbocycles. The van der Waals surface area contributed by atoms with Crippen molar-refractivity contribution in [2.24, 2.45) is 0 Å². The van der Waals surface area contributed by atoms with E-state index in [0.29, 0.717) is 6.42 Å². The Balaban J connectivity index is 1.78. The fraction of sp³-hybridized carbons (Fsp3) is 0.471. The molecule has 1 aromatic heterocycles. The number of hydrogen-bond acceptors (Lipinski definition) is 2. The standard InChI is InChI=1S/C17H23N3O/c1-13-15(14-6-3-4-7-16(14)18-13)12-17(21)20-9-5-8-19(2)10-11-20/h3-4,6-7,18H,5,8-12H2,1-2H3. The molecule has 1 fully saturated rings. The molecule has 1 aliphatic heterocycles. The van der Waals surface area contributed by atoms with Crippen molar-refractivity contribution in [2.75, 3.05) is 33.2 Å². The van der Waals surface area contributed by atoms with E-state index in [9.17, 15) is 4.79 Å². The van der Waals surface area contributed by atoms with Gasteiger partial charge in [-0.05, 0) is 38.6 Å². The van der Waals surface area contributed by atoms with E-state index < -0.39 is 0 Å². The molecule has 0 spiro atoms. The van der Waals surface area contributed by atoms with Gasteiger partial charge in [0.05, 0.1) is 6.42 Å². The zero-order valence-electron chi connectivity index (χ0n) is 12.9. The van der Waals surface area contributed by atoms with Crippen molar-refractivity contribution in [3.63, 3.8) is 0 Å². The van der Waals surface area contributed by atoms with E-state index in [2.05, 4.69) is 36.0 Å². The van der Waals surface area contributed by atoms with Crippen LogP contribution in [0, 0.1) is 6.92 Å². The van der Waals surface area contributed by atoms with Gasteiger partial charge in [0.15, 0.2) is 0 Å². The Hall–Kier alpha value is -1.81. The van der Waals surface area contributed by atoms with Crippen molar-refractivity contribution in [1.82, 2.24) is 14.8 Å². The van der Waals surface area contributed by atoms with E-state index in [1.807, 2.05) is 17.0 Å². The van der Waals surface area contributed by atoms with Crippen LogP contribution >= 0.6 is 0 Å². The first-order valence-electron chi connectivity index (χ1n) is 7.67. The topological polar surface area (TPSA) is 39.3 Å². The van der Waals surface area contributed by atoms with Crippen LogP contribution in [0.15, 0.2) is 24.3 Å². The summed E-state index contributed by atoms with van der Waals surface area (Å²) in [6, 6.07) is 8.22. The third-order valence-electron chi connectivity index (χ3n) is 4.43. The lowest BCUT2D eigenvalue weighted by Crippen LogP contribution is -2.35. The van der Waals surface area contributed by atoms with Crippen molar-refractivity contribution in [3.05, 3.63) is 35.5 Å². The Morgan fingerprint density at radius 2 is 2.00 bits per heavy atom. The van der Waals surface area contributed by atoms with Crippen LogP contribution in [-0.2, 0) is 11.2 Å². The molecule has 2 heterocycles. The molecule has 112 valence electrons. The predicted octanol–water partition coefficient (Wildman–Crippen LogP) is 2.18. The average Bonchev–Trinajstić information content (AvgIpc) is 2.64. The number of rotatable bonds is 2. The number of aromatic nitrogens is 1. The molecule has 0 radical (unpaired) electrons. The minimum absolute atomic E-state index is 0.248. The molecule has 1 N–H and O–H groups in total. The number of nitrogens with one attached hydrogen (secondary N) is 1. The van der Waals surface area contributed by atoms with E-state index in [1.54, 1.807) is 0 Å². The van der Waals surface area contributed by atoms with Gasteiger partial charge in [0.25, 0.3) is 0 Å². The maximum atomic E-state index is 12.6. The molecule has 0 saturated carbocycles. The van der Waals surface area contributed by atoms with Crippen LogP contribution in [0.2, 0.25) is 0 Å². The van der Waals surface area contributed by atoms with E-state index in [-0.39, 0.29) is 5.91 Å². The molecule has 4 heteroatoms. The van der Waals surface area contributed by atoms with Crippen molar-refractivity contribution in [3.8, 4) is 0 Å². The second-order valence-corrected chi connectivity index (χ2v) is 5.99. The number of carbonyl (C=O) groups is 1. The normalized spacial score (nSPS) is 17.1. The molecule has 2 aromatic rings. The zero-order valence-corrected chi connectivity index (χ0v) is 12.9. The highest BCUT2D eigenvalue weighted by Crippen LogP contribution is 2.23. The Morgan fingerprint density at radius 3 is 2.86 bits per heavy atom. The number of likely N-dealkylation sites (N-methyl/N-ethyl adjacent to an activating group) is 1. The fourth-order valence-corrected chi connectivity index (χ4v) is 3.12. The van der Waals surface area contributed by atoms with Crippen LogP contribution in [0.1, 0.15) is 17.7 Å². The first kappa shape index (κ1) is 14.1. The summed E-state index contributed by atoms with van der Waals surface area (Å²) in [4.78, 5) is 20.3. The van der Waals surface area contributed by atoms with Gasteiger partial charge >= 0.3 is 0 Å². The summed E-state index contributed by atoms with van der Waals surface area (Å²) in [6.45, 7) is 5.83. The molecule has 1 aliphatic rings. The first-order valence-corrected chi connectivity index (χ1v) is 7.67. The number of nitrogens with zero attached hydrogens (tertiary/aromatic N) is 2. The van der Waals surface area contributed by atoms with E-state index in [4.69, 9.17) is 0 Å². The van der Waals surface area contributed by atoms with E-state index in [0.717, 1.165) is 49.4 Å². The maximum absolute atomic E-state index is 12.6. The number of benzene rings is 1. The SMILES string of the molecule is Cc1[nH]c2ccccc2c1CC(=O)N1CCCN(C)CC1. The van der Waals surface area contributed by atoms with Crippen molar-refractivity contribution in [1.29, 1.82) is 0 Å². The summed E-state index contributed by atoms with van der Waals surface area (Å²) >= 11 is 0. The number of para-hydroxylation sites is 1. The third-order valence-corrected chi connectivity index (χ3v) is 4.43. The molecule has 4 nitrogen and oxygen atoms in total. The lowest BCUT2D eigenvalue weighted by molar-refractivity contribution is -0.130. The average molecular weight is 285 g/mol. The van der Waals surface area contributed by atoms with Gasteiger partial charge in [-0.1, -0.05) is 18.2 Å². The van der Waals surface area contributed by atoms with Crippen LogP contribution in [0.5, 0.6) is 0 Å². The van der Waals surface area contributed by atoms with Crippen LogP contribution < -0.4 is 0 Å². The summed E-state index contributed by atoms with van der Waals surface area (Å²) in [5, 5.41) is 1.18. The lowest BCUT2D eigenvalue weighted by Gasteiger charge is -2.20. The predicted molar refractivity (Wildman–Crippen MR) is 85.4 cm³/mol. The second-order valence-electron chi connectivity index (χ2n) is 5.99. The molecule has 21 heavy (non-hydrogen) atoms.